The van der Waals surface area contributed by atoms with Crippen molar-refractivity contribution in [3.05, 3.63) is 62.0 Å². The molecule has 2 atom stereocenters. The third-order valence-corrected chi connectivity index (χ3v) is 5.96. The van der Waals surface area contributed by atoms with Gasteiger partial charge in [0.15, 0.2) is 0 Å². The second-order valence-electron chi connectivity index (χ2n) is 6.95. The minimum Gasteiger partial charge on any atom is -0.507 e. The molecule has 5 heteroatoms. The summed E-state index contributed by atoms with van der Waals surface area (Å²) in [5.41, 5.74) is -1.04. The molecule has 140 valence electrons. The van der Waals surface area contributed by atoms with E-state index in [2.05, 4.69) is 13.0 Å². The fourth-order valence-electron chi connectivity index (χ4n) is 3.77. The van der Waals surface area contributed by atoms with Crippen molar-refractivity contribution >= 4 is 11.3 Å². The minimum atomic E-state index is -0.808. The van der Waals surface area contributed by atoms with E-state index < -0.39 is 11.2 Å². The smallest absolute Gasteiger partial charge is 0.347 e. The van der Waals surface area contributed by atoms with Crippen molar-refractivity contribution in [1.82, 2.24) is 0 Å². The van der Waals surface area contributed by atoms with E-state index in [1.54, 1.807) is 17.4 Å². The lowest BCUT2D eigenvalue weighted by Gasteiger charge is -2.29. The molecule has 4 nitrogen and oxygen atoms in total. The minimum absolute atomic E-state index is 0.0163. The molecule has 1 aliphatic rings. The summed E-state index contributed by atoms with van der Waals surface area (Å²) in [6, 6.07) is 5.72. The van der Waals surface area contributed by atoms with Crippen molar-refractivity contribution in [1.29, 1.82) is 0 Å². The zero-order valence-corrected chi connectivity index (χ0v) is 16.4. The van der Waals surface area contributed by atoms with Crippen molar-refractivity contribution in [2.45, 2.75) is 64.4 Å². The van der Waals surface area contributed by atoms with Crippen LogP contribution in [-0.4, -0.2) is 5.11 Å². The van der Waals surface area contributed by atoms with Gasteiger partial charge in [0.2, 0.25) is 0 Å². The highest BCUT2D eigenvalue weighted by Crippen LogP contribution is 2.44. The van der Waals surface area contributed by atoms with Gasteiger partial charge in [-0.25, -0.2) is 4.79 Å². The Balaban J connectivity index is 1.96. The van der Waals surface area contributed by atoms with Crippen molar-refractivity contribution < 1.29 is 14.3 Å². The number of hydrogen-bond donors (Lipinski definition) is 1. The highest BCUT2D eigenvalue weighted by molar-refractivity contribution is 7.09. The second-order valence-corrected chi connectivity index (χ2v) is 7.98. The molecule has 26 heavy (non-hydrogen) atoms. The summed E-state index contributed by atoms with van der Waals surface area (Å²) in [6.07, 6.45) is 5.68. The van der Waals surface area contributed by atoms with Gasteiger partial charge >= 0.3 is 5.63 Å². The molecule has 0 aliphatic carbocycles. The molecule has 1 N–H and O–H groups in total. The van der Waals surface area contributed by atoms with E-state index in [0.717, 1.165) is 25.0 Å². The van der Waals surface area contributed by atoms with Gasteiger partial charge in [0.05, 0.1) is 5.76 Å². The Bertz CT molecular complexity index is 834. The van der Waals surface area contributed by atoms with Gasteiger partial charge in [-0.1, -0.05) is 26.3 Å². The Kier molecular flexibility index (Phi) is 5.56. The molecular weight excluding hydrogens is 348 g/mol. The van der Waals surface area contributed by atoms with Crippen LogP contribution in [0.1, 0.15) is 68.6 Å². The van der Waals surface area contributed by atoms with Crippen LogP contribution in [0, 0.1) is 0 Å². The molecule has 0 aromatic carbocycles. The van der Waals surface area contributed by atoms with Gasteiger partial charge in [0, 0.05) is 23.3 Å². The Labute approximate surface area is 158 Å². The van der Waals surface area contributed by atoms with Crippen LogP contribution in [-0.2, 0) is 16.8 Å². The van der Waals surface area contributed by atoms with Crippen molar-refractivity contribution in [3.63, 3.8) is 0 Å². The van der Waals surface area contributed by atoms with Crippen LogP contribution < -0.4 is 5.63 Å². The summed E-state index contributed by atoms with van der Waals surface area (Å²) >= 11 is 1.69. The van der Waals surface area contributed by atoms with Gasteiger partial charge in [-0.15, -0.1) is 11.3 Å². The van der Waals surface area contributed by atoms with Crippen LogP contribution in [0.25, 0.3) is 0 Å². The standard InChI is InChI=1S/C21H26O4S/c1-4-9-21(10-8-14(3)25-21)19-17(22)13-18(24-20(19)23)15(5-2)12-16-7-6-11-26-16/h6-8,11,13,15,22H,4-5,9-10,12H2,1-3H3. The quantitative estimate of drug-likeness (QED) is 0.699. The van der Waals surface area contributed by atoms with Crippen LogP contribution in [0.2, 0.25) is 0 Å². The lowest BCUT2D eigenvalue weighted by Crippen LogP contribution is -2.32. The Morgan fingerprint density at radius 3 is 2.73 bits per heavy atom. The molecule has 1 aliphatic heterocycles. The fourth-order valence-corrected chi connectivity index (χ4v) is 4.56. The molecule has 0 saturated carbocycles. The highest BCUT2D eigenvalue weighted by Gasteiger charge is 2.42. The highest BCUT2D eigenvalue weighted by atomic mass is 32.1. The molecule has 3 rings (SSSR count). The second kappa shape index (κ2) is 7.70. The molecule has 0 fully saturated rings. The van der Waals surface area contributed by atoms with Crippen LogP contribution in [0.15, 0.2) is 44.6 Å². The molecule has 2 aromatic rings. The third kappa shape index (κ3) is 3.58. The summed E-state index contributed by atoms with van der Waals surface area (Å²) in [6.45, 7) is 5.98. The van der Waals surface area contributed by atoms with Gasteiger partial charge in [0.25, 0.3) is 0 Å². The summed E-state index contributed by atoms with van der Waals surface area (Å²) < 4.78 is 11.7. The lowest BCUT2D eigenvalue weighted by molar-refractivity contribution is 0.00887. The van der Waals surface area contributed by atoms with E-state index in [9.17, 15) is 9.90 Å². The van der Waals surface area contributed by atoms with E-state index in [1.165, 1.54) is 4.88 Å². The van der Waals surface area contributed by atoms with Crippen LogP contribution >= 0.6 is 11.3 Å². The molecule has 0 bridgehead atoms. The van der Waals surface area contributed by atoms with E-state index in [-0.39, 0.29) is 17.2 Å². The first kappa shape index (κ1) is 18.8. The first-order chi connectivity index (χ1) is 12.5. The van der Waals surface area contributed by atoms with Crippen LogP contribution in [0.5, 0.6) is 5.75 Å². The first-order valence-electron chi connectivity index (χ1n) is 9.24. The van der Waals surface area contributed by atoms with Gasteiger partial charge in [-0.3, -0.25) is 0 Å². The molecule has 0 saturated heterocycles. The van der Waals surface area contributed by atoms with Crippen molar-refractivity contribution in [2.24, 2.45) is 0 Å². The number of ether oxygens (including phenoxy) is 1. The van der Waals surface area contributed by atoms with Gasteiger partial charge < -0.3 is 14.3 Å². The number of allylic oxidation sites excluding steroid dienone is 1. The van der Waals surface area contributed by atoms with Crippen LogP contribution in [0.3, 0.4) is 0 Å². The van der Waals surface area contributed by atoms with Gasteiger partial charge in [0.1, 0.15) is 22.7 Å². The van der Waals surface area contributed by atoms with E-state index in [0.29, 0.717) is 18.6 Å². The molecule has 3 heterocycles. The van der Waals surface area contributed by atoms with Gasteiger partial charge in [-0.05, 0) is 43.7 Å². The third-order valence-electron chi connectivity index (χ3n) is 5.06. The molecule has 0 spiro atoms. The van der Waals surface area contributed by atoms with Crippen LogP contribution in [0.4, 0.5) is 0 Å². The maximum atomic E-state index is 12.8. The monoisotopic (exact) mass is 374 g/mol. The SMILES string of the molecule is CCCC1(c2c(O)cc(C(CC)Cc3cccs3)oc2=O)CC=C(C)O1. The molecule has 2 unspecified atom stereocenters. The topological polar surface area (TPSA) is 59.7 Å². The number of thiophene rings is 1. The maximum Gasteiger partial charge on any atom is 0.347 e. The summed E-state index contributed by atoms with van der Waals surface area (Å²) in [5.74, 6) is 1.37. The fraction of sp³-hybridized carbons (Fsp3) is 0.476. The number of hydrogen-bond acceptors (Lipinski definition) is 5. The first-order valence-corrected chi connectivity index (χ1v) is 10.1. The van der Waals surface area contributed by atoms with Crippen molar-refractivity contribution in [2.75, 3.05) is 0 Å². The predicted molar refractivity (Wildman–Crippen MR) is 104 cm³/mol. The predicted octanol–water partition coefficient (Wildman–Crippen LogP) is 5.46. The number of aromatic hydroxyl groups is 1. The van der Waals surface area contributed by atoms with E-state index >= 15 is 0 Å². The molecule has 0 radical (unpaired) electrons. The average molecular weight is 375 g/mol. The average Bonchev–Trinajstić information content (AvgIpc) is 3.22. The molecule has 2 aromatic heterocycles. The maximum absolute atomic E-state index is 12.8. The molecule has 0 amide bonds. The largest absolute Gasteiger partial charge is 0.507 e. The zero-order valence-electron chi connectivity index (χ0n) is 15.6. The Morgan fingerprint density at radius 1 is 1.38 bits per heavy atom. The number of rotatable bonds is 7. The zero-order chi connectivity index (χ0) is 18.7. The lowest BCUT2D eigenvalue weighted by atomic mass is 9.86. The van der Waals surface area contributed by atoms with E-state index in [4.69, 9.17) is 9.15 Å². The normalized spacial score (nSPS) is 20.7. The van der Waals surface area contributed by atoms with Crippen molar-refractivity contribution in [3.8, 4) is 5.75 Å². The molecular formula is C21H26O4S. The van der Waals surface area contributed by atoms with E-state index in [1.807, 2.05) is 31.4 Å². The van der Waals surface area contributed by atoms with Gasteiger partial charge in [-0.2, -0.15) is 0 Å². The Morgan fingerprint density at radius 2 is 2.19 bits per heavy atom. The summed E-state index contributed by atoms with van der Waals surface area (Å²) in [7, 11) is 0. The summed E-state index contributed by atoms with van der Waals surface area (Å²) in [5, 5.41) is 12.8. The Hall–Kier alpha value is -2.01. The summed E-state index contributed by atoms with van der Waals surface area (Å²) in [4.78, 5) is 14.1.